The molecule has 2 fully saturated rings. The highest BCUT2D eigenvalue weighted by Gasteiger charge is 2.47. The van der Waals surface area contributed by atoms with Crippen molar-refractivity contribution in [3.05, 3.63) is 52.5 Å². The Morgan fingerprint density at radius 2 is 2.08 bits per heavy atom. The molecule has 1 amide bonds. The molecule has 1 atom stereocenters. The van der Waals surface area contributed by atoms with Crippen molar-refractivity contribution in [2.24, 2.45) is 4.99 Å². The van der Waals surface area contributed by atoms with E-state index in [1.165, 1.54) is 6.07 Å². The molecule has 2 heterocycles. The number of anilines is 1. The van der Waals surface area contributed by atoms with Crippen LogP contribution in [0.5, 0.6) is 5.75 Å². The molecule has 0 unspecified atom stereocenters. The van der Waals surface area contributed by atoms with Crippen molar-refractivity contribution >= 4 is 39.2 Å². The van der Waals surface area contributed by atoms with Gasteiger partial charge < -0.3 is 10.0 Å². The molecule has 1 N–H and O–H groups in total. The zero-order valence-corrected chi connectivity index (χ0v) is 15.3. The molecular weight excluding hydrogens is 396 g/mol. The van der Waals surface area contributed by atoms with Gasteiger partial charge in [-0.2, -0.15) is 5.26 Å². The molecule has 2 aliphatic rings. The molecule has 130 valence electrons. The average molecular weight is 411 g/mol. The van der Waals surface area contributed by atoms with Gasteiger partial charge in [0.1, 0.15) is 17.5 Å². The summed E-state index contributed by atoms with van der Waals surface area (Å²) in [4.78, 5) is 21.2. The summed E-state index contributed by atoms with van der Waals surface area (Å²) < 4.78 is 0.797. The van der Waals surface area contributed by atoms with Gasteiger partial charge in [-0.1, -0.05) is 12.1 Å². The largest absolute Gasteiger partial charge is 0.506 e. The molecule has 7 heteroatoms. The van der Waals surface area contributed by atoms with Gasteiger partial charge in [0.2, 0.25) is 5.96 Å². The average Bonchev–Trinajstić information content (AvgIpc) is 3.21. The molecule has 2 aliphatic heterocycles. The van der Waals surface area contributed by atoms with E-state index in [0.29, 0.717) is 17.2 Å². The Kier molecular flexibility index (Phi) is 4.13. The van der Waals surface area contributed by atoms with Gasteiger partial charge in [-0.3, -0.25) is 4.79 Å². The number of aliphatic imine (C=N–C) groups is 1. The maximum atomic E-state index is 13.0. The van der Waals surface area contributed by atoms with E-state index >= 15 is 0 Å². The lowest BCUT2D eigenvalue weighted by atomic mass is 10.2. The summed E-state index contributed by atoms with van der Waals surface area (Å²) in [5.41, 5.74) is 1.41. The highest BCUT2D eigenvalue weighted by Crippen LogP contribution is 2.37. The summed E-state index contributed by atoms with van der Waals surface area (Å²) >= 11 is 3.51. The van der Waals surface area contributed by atoms with Gasteiger partial charge in [-0.05, 0) is 59.1 Å². The molecule has 0 radical (unpaired) electrons. The van der Waals surface area contributed by atoms with Crippen LogP contribution in [0.3, 0.4) is 0 Å². The van der Waals surface area contributed by atoms with E-state index in [-0.39, 0.29) is 17.7 Å². The molecule has 2 aromatic rings. The van der Waals surface area contributed by atoms with Crippen LogP contribution in [0, 0.1) is 11.3 Å². The first kappa shape index (κ1) is 16.6. The van der Waals surface area contributed by atoms with Crippen molar-refractivity contribution in [1.29, 1.82) is 5.26 Å². The van der Waals surface area contributed by atoms with Crippen LogP contribution in [0.1, 0.15) is 18.4 Å². The monoisotopic (exact) mass is 410 g/mol. The van der Waals surface area contributed by atoms with Crippen molar-refractivity contribution < 1.29 is 9.90 Å². The second-order valence-electron chi connectivity index (χ2n) is 6.20. The first-order chi connectivity index (χ1) is 12.6. The van der Waals surface area contributed by atoms with Crippen LogP contribution in [0.2, 0.25) is 0 Å². The second-order valence-corrected chi connectivity index (χ2v) is 7.06. The number of para-hydroxylation sites is 1. The van der Waals surface area contributed by atoms with Gasteiger partial charge in [-0.15, -0.1) is 0 Å². The molecule has 0 aliphatic carbocycles. The molecule has 2 aromatic carbocycles. The van der Waals surface area contributed by atoms with E-state index in [0.717, 1.165) is 29.5 Å². The van der Waals surface area contributed by atoms with Crippen LogP contribution >= 0.6 is 15.9 Å². The van der Waals surface area contributed by atoms with E-state index in [2.05, 4.69) is 20.9 Å². The van der Waals surface area contributed by atoms with Crippen molar-refractivity contribution in [3.63, 3.8) is 0 Å². The number of aromatic hydroxyl groups is 1. The van der Waals surface area contributed by atoms with Crippen molar-refractivity contribution in [2.75, 3.05) is 11.4 Å². The molecule has 26 heavy (non-hydrogen) atoms. The maximum absolute atomic E-state index is 13.0. The Bertz CT molecular complexity index is 966. The predicted molar refractivity (Wildman–Crippen MR) is 101 cm³/mol. The Balaban J connectivity index is 1.84. The molecule has 0 aromatic heterocycles. The zero-order valence-electron chi connectivity index (χ0n) is 13.8. The number of guanidine groups is 1. The summed E-state index contributed by atoms with van der Waals surface area (Å²) in [6.07, 6.45) is 1.72. The van der Waals surface area contributed by atoms with Crippen LogP contribution in [-0.2, 0) is 4.79 Å². The number of hydrogen-bond donors (Lipinski definition) is 1. The number of amides is 1. The van der Waals surface area contributed by atoms with Gasteiger partial charge in [0.05, 0.1) is 17.3 Å². The third-order valence-electron chi connectivity index (χ3n) is 4.63. The SMILES string of the molecule is N#Cc1ccc(/N=C2/N(c3ccccc3Br)C(=O)[C@H]3CCCN23)c(O)c1. The number of carbonyl (C=O) groups excluding carboxylic acids is 1. The van der Waals surface area contributed by atoms with Gasteiger partial charge >= 0.3 is 0 Å². The third kappa shape index (κ3) is 2.63. The van der Waals surface area contributed by atoms with E-state index in [4.69, 9.17) is 5.26 Å². The Morgan fingerprint density at radius 3 is 2.81 bits per heavy atom. The first-order valence-corrected chi connectivity index (χ1v) is 9.06. The number of fused-ring (bicyclic) bond motifs is 1. The van der Waals surface area contributed by atoms with Gasteiger partial charge in [-0.25, -0.2) is 9.89 Å². The maximum Gasteiger partial charge on any atom is 0.256 e. The van der Waals surface area contributed by atoms with Crippen LogP contribution in [-0.4, -0.2) is 34.5 Å². The smallest absolute Gasteiger partial charge is 0.256 e. The zero-order chi connectivity index (χ0) is 18.3. The lowest BCUT2D eigenvalue weighted by Gasteiger charge is -2.21. The fraction of sp³-hybridized carbons (Fsp3) is 0.211. The van der Waals surface area contributed by atoms with Crippen LogP contribution in [0.4, 0.5) is 11.4 Å². The van der Waals surface area contributed by atoms with E-state index in [1.807, 2.05) is 35.2 Å². The van der Waals surface area contributed by atoms with Crippen molar-refractivity contribution in [2.45, 2.75) is 18.9 Å². The fourth-order valence-corrected chi connectivity index (χ4v) is 3.87. The quantitative estimate of drug-likeness (QED) is 0.820. The number of nitrogens with zero attached hydrogens (tertiary/aromatic N) is 4. The standard InChI is InChI=1S/C19H15BrN4O2/c20-13-4-1-2-5-15(13)24-18(26)16-6-3-9-23(16)19(24)22-14-8-7-12(11-21)10-17(14)25/h1-2,4-5,7-8,10,16,25H,3,6,9H2/b22-19+/t16-/m1/s1. The lowest BCUT2D eigenvalue weighted by Crippen LogP contribution is -2.34. The second kappa shape index (κ2) is 6.46. The molecule has 0 spiro atoms. The summed E-state index contributed by atoms with van der Waals surface area (Å²) in [5.74, 6) is 0.407. The predicted octanol–water partition coefficient (Wildman–Crippen LogP) is 3.53. The molecule has 6 nitrogen and oxygen atoms in total. The summed E-state index contributed by atoms with van der Waals surface area (Å²) in [6.45, 7) is 0.743. The highest BCUT2D eigenvalue weighted by molar-refractivity contribution is 9.10. The van der Waals surface area contributed by atoms with E-state index in [9.17, 15) is 9.90 Å². The fourth-order valence-electron chi connectivity index (χ4n) is 3.41. The Labute approximate surface area is 159 Å². The summed E-state index contributed by atoms with van der Waals surface area (Å²) in [6, 6.07) is 13.8. The number of phenolic OH excluding ortho intramolecular Hbond substituents is 1. The number of phenols is 1. The van der Waals surface area contributed by atoms with Crippen LogP contribution < -0.4 is 4.90 Å². The van der Waals surface area contributed by atoms with E-state index in [1.54, 1.807) is 17.0 Å². The molecule has 0 bridgehead atoms. The summed E-state index contributed by atoms with van der Waals surface area (Å²) in [7, 11) is 0. The highest BCUT2D eigenvalue weighted by atomic mass is 79.9. The normalized spacial score (nSPS) is 20.5. The van der Waals surface area contributed by atoms with Crippen LogP contribution in [0.25, 0.3) is 0 Å². The number of benzene rings is 2. The number of nitriles is 1. The Morgan fingerprint density at radius 1 is 1.27 bits per heavy atom. The minimum absolute atomic E-state index is 0.0127. The first-order valence-electron chi connectivity index (χ1n) is 8.27. The summed E-state index contributed by atoms with van der Waals surface area (Å²) in [5, 5.41) is 19.2. The number of hydrogen-bond acceptors (Lipinski definition) is 4. The van der Waals surface area contributed by atoms with Gasteiger partial charge in [0.15, 0.2) is 0 Å². The number of carbonyl (C=O) groups is 1. The molecular formula is C19H15BrN4O2. The van der Waals surface area contributed by atoms with Crippen molar-refractivity contribution in [1.82, 2.24) is 4.90 Å². The van der Waals surface area contributed by atoms with Gasteiger partial charge in [0.25, 0.3) is 5.91 Å². The molecule has 0 saturated carbocycles. The minimum atomic E-state index is -0.221. The third-order valence-corrected chi connectivity index (χ3v) is 5.30. The Hall–Kier alpha value is -2.85. The molecule has 2 saturated heterocycles. The van der Waals surface area contributed by atoms with E-state index < -0.39 is 0 Å². The van der Waals surface area contributed by atoms with Crippen molar-refractivity contribution in [3.8, 4) is 11.8 Å². The lowest BCUT2D eigenvalue weighted by molar-refractivity contribution is -0.119. The van der Waals surface area contributed by atoms with Crippen LogP contribution in [0.15, 0.2) is 51.9 Å². The van der Waals surface area contributed by atoms with Gasteiger partial charge in [0, 0.05) is 11.0 Å². The minimum Gasteiger partial charge on any atom is -0.506 e. The molecule has 4 rings (SSSR count). The topological polar surface area (TPSA) is 79.9 Å². The number of halogens is 1. The number of rotatable bonds is 2.